The summed E-state index contributed by atoms with van der Waals surface area (Å²) in [7, 11) is 0. The van der Waals surface area contributed by atoms with E-state index in [1.807, 2.05) is 0 Å². The molecule has 3 nitrogen and oxygen atoms in total. The van der Waals surface area contributed by atoms with Gasteiger partial charge in [-0.15, -0.1) is 0 Å². The third kappa shape index (κ3) is 3.26. The van der Waals surface area contributed by atoms with Crippen molar-refractivity contribution in [3.05, 3.63) is 62.0 Å². The number of ether oxygens (including phenoxy) is 1. The lowest BCUT2D eigenvalue weighted by atomic mass is 10.2. The number of carbonyl (C=O) groups is 1. The molecule has 0 fully saturated rings. The summed E-state index contributed by atoms with van der Waals surface area (Å²) >= 11 is 15.3. The van der Waals surface area contributed by atoms with Gasteiger partial charge in [0.2, 0.25) is 0 Å². The Hall–Kier alpha value is -1.23. The van der Waals surface area contributed by atoms with Gasteiger partial charge in [0.05, 0.1) is 10.0 Å². The number of nitrogen functional groups attached to an aromatic ring is 1. The molecule has 2 aromatic carbocycles. The fourth-order valence-corrected chi connectivity index (χ4v) is 2.53. The van der Waals surface area contributed by atoms with Gasteiger partial charge in [0.15, 0.2) is 0 Å². The molecule has 104 valence electrons. The second-order valence-electron chi connectivity index (χ2n) is 3.99. The van der Waals surface area contributed by atoms with Crippen molar-refractivity contribution < 1.29 is 9.53 Å². The molecule has 0 aliphatic carbocycles. The van der Waals surface area contributed by atoms with E-state index in [0.29, 0.717) is 31.3 Å². The second-order valence-corrected chi connectivity index (χ2v) is 5.59. The molecule has 0 aromatic heterocycles. The molecular weight excluding hydrogens is 365 g/mol. The number of hydrogen-bond donors (Lipinski definition) is 1. The lowest BCUT2D eigenvalue weighted by molar-refractivity contribution is 0.0472. The van der Waals surface area contributed by atoms with Gasteiger partial charge in [0.1, 0.15) is 6.61 Å². The van der Waals surface area contributed by atoms with Crippen LogP contribution in [-0.4, -0.2) is 5.97 Å². The zero-order valence-electron chi connectivity index (χ0n) is 10.2. The van der Waals surface area contributed by atoms with Crippen LogP contribution in [0, 0.1) is 0 Å². The number of anilines is 1. The molecule has 0 spiro atoms. The summed E-state index contributed by atoms with van der Waals surface area (Å²) in [5, 5.41) is 0.911. The van der Waals surface area contributed by atoms with Gasteiger partial charge in [0.25, 0.3) is 0 Å². The Morgan fingerprint density at radius 3 is 2.40 bits per heavy atom. The topological polar surface area (TPSA) is 52.3 Å². The van der Waals surface area contributed by atoms with Crippen molar-refractivity contribution in [2.24, 2.45) is 0 Å². The molecule has 2 aromatic rings. The predicted octanol–water partition coefficient (Wildman–Crippen LogP) is 4.70. The summed E-state index contributed by atoms with van der Waals surface area (Å²) in [4.78, 5) is 12.0. The molecule has 0 amide bonds. The number of carbonyl (C=O) groups excluding carboxylic acids is 1. The summed E-state index contributed by atoms with van der Waals surface area (Å²) in [6, 6.07) is 10.1. The van der Waals surface area contributed by atoms with Crippen LogP contribution in [0.25, 0.3) is 0 Å². The van der Waals surface area contributed by atoms with Crippen molar-refractivity contribution in [3.63, 3.8) is 0 Å². The van der Waals surface area contributed by atoms with Crippen LogP contribution in [0.15, 0.2) is 40.9 Å². The fraction of sp³-hybridized carbons (Fsp3) is 0.0714. The van der Waals surface area contributed by atoms with E-state index >= 15 is 0 Å². The minimum atomic E-state index is -0.500. The van der Waals surface area contributed by atoms with Crippen molar-refractivity contribution in [1.29, 1.82) is 0 Å². The van der Waals surface area contributed by atoms with Crippen LogP contribution >= 0.6 is 39.1 Å². The number of hydrogen-bond acceptors (Lipinski definition) is 3. The second kappa shape index (κ2) is 6.48. The Morgan fingerprint density at radius 2 is 1.75 bits per heavy atom. The van der Waals surface area contributed by atoms with Crippen LogP contribution in [0.2, 0.25) is 10.0 Å². The molecule has 2 N–H and O–H groups in total. The van der Waals surface area contributed by atoms with Crippen molar-refractivity contribution in [3.8, 4) is 0 Å². The highest BCUT2D eigenvalue weighted by molar-refractivity contribution is 9.10. The Bertz CT molecular complexity index is 641. The van der Waals surface area contributed by atoms with Gasteiger partial charge in [-0.25, -0.2) is 4.79 Å². The Labute approximate surface area is 134 Å². The van der Waals surface area contributed by atoms with Gasteiger partial charge >= 0.3 is 5.97 Å². The zero-order valence-corrected chi connectivity index (χ0v) is 13.3. The smallest absolute Gasteiger partial charge is 0.339 e. The van der Waals surface area contributed by atoms with Crippen molar-refractivity contribution >= 4 is 50.8 Å². The third-order valence-corrected chi connectivity index (χ3v) is 4.25. The number of halogens is 3. The maximum Gasteiger partial charge on any atom is 0.339 e. The standard InChI is InChI=1S/C14H10BrCl2NO2/c15-13-8(3-1-6-12(13)18)14(19)20-7-9-10(16)4-2-5-11(9)17/h1-6H,7,18H2. The van der Waals surface area contributed by atoms with Crippen molar-refractivity contribution in [2.45, 2.75) is 6.61 Å². The Morgan fingerprint density at radius 1 is 1.15 bits per heavy atom. The molecular formula is C14H10BrCl2NO2. The highest BCUT2D eigenvalue weighted by Gasteiger charge is 2.15. The van der Waals surface area contributed by atoms with Gasteiger partial charge in [0, 0.05) is 21.3 Å². The predicted molar refractivity (Wildman–Crippen MR) is 84.1 cm³/mol. The van der Waals surface area contributed by atoms with Crippen LogP contribution in [0.4, 0.5) is 5.69 Å². The average molecular weight is 375 g/mol. The van der Waals surface area contributed by atoms with E-state index < -0.39 is 5.97 Å². The number of esters is 1. The third-order valence-electron chi connectivity index (χ3n) is 2.66. The summed E-state index contributed by atoms with van der Waals surface area (Å²) in [6.45, 7) is -0.00141. The van der Waals surface area contributed by atoms with Gasteiger partial charge in [-0.1, -0.05) is 35.3 Å². The van der Waals surface area contributed by atoms with Crippen LogP contribution in [-0.2, 0) is 11.3 Å². The molecule has 0 bridgehead atoms. The minimum absolute atomic E-state index is 0.00141. The van der Waals surface area contributed by atoms with Crippen molar-refractivity contribution in [1.82, 2.24) is 0 Å². The Kier molecular flexibility index (Phi) is 4.91. The van der Waals surface area contributed by atoms with E-state index in [2.05, 4.69) is 15.9 Å². The first-order chi connectivity index (χ1) is 9.50. The maximum atomic E-state index is 12.0. The highest BCUT2D eigenvalue weighted by Crippen LogP contribution is 2.27. The molecule has 0 aliphatic heterocycles. The molecule has 0 aliphatic rings. The quantitative estimate of drug-likeness (QED) is 0.626. The first kappa shape index (κ1) is 15.2. The van der Waals surface area contributed by atoms with E-state index in [-0.39, 0.29) is 6.61 Å². The monoisotopic (exact) mass is 373 g/mol. The molecule has 0 unspecified atom stereocenters. The maximum absolute atomic E-state index is 12.0. The van der Waals surface area contributed by atoms with Gasteiger partial charge in [-0.3, -0.25) is 0 Å². The lowest BCUT2D eigenvalue weighted by Crippen LogP contribution is -2.07. The van der Waals surface area contributed by atoms with Gasteiger partial charge < -0.3 is 10.5 Å². The molecule has 0 saturated heterocycles. The van der Waals surface area contributed by atoms with E-state index in [9.17, 15) is 4.79 Å². The Balaban J connectivity index is 2.15. The van der Waals surface area contributed by atoms with Gasteiger partial charge in [-0.2, -0.15) is 0 Å². The fourth-order valence-electron chi connectivity index (χ4n) is 1.59. The van der Waals surface area contributed by atoms with E-state index in [1.165, 1.54) is 0 Å². The molecule has 6 heteroatoms. The van der Waals surface area contributed by atoms with E-state index in [4.69, 9.17) is 33.7 Å². The normalized spacial score (nSPS) is 10.3. The molecule has 0 heterocycles. The number of nitrogens with two attached hydrogens (primary N) is 1. The summed E-state index contributed by atoms with van der Waals surface area (Å²) in [5.41, 5.74) is 7.11. The number of benzene rings is 2. The largest absolute Gasteiger partial charge is 0.457 e. The summed E-state index contributed by atoms with van der Waals surface area (Å²) in [6.07, 6.45) is 0. The highest BCUT2D eigenvalue weighted by atomic mass is 79.9. The SMILES string of the molecule is Nc1cccc(C(=O)OCc2c(Cl)cccc2Cl)c1Br. The average Bonchev–Trinajstić information content (AvgIpc) is 2.41. The summed E-state index contributed by atoms with van der Waals surface area (Å²) in [5.74, 6) is -0.500. The van der Waals surface area contributed by atoms with Crippen LogP contribution < -0.4 is 5.73 Å². The molecule has 0 atom stereocenters. The molecule has 20 heavy (non-hydrogen) atoms. The van der Waals surface area contributed by atoms with Crippen molar-refractivity contribution in [2.75, 3.05) is 5.73 Å². The van der Waals surface area contributed by atoms with Crippen LogP contribution in [0.1, 0.15) is 15.9 Å². The van der Waals surface area contributed by atoms with Gasteiger partial charge in [-0.05, 0) is 40.2 Å². The first-order valence-corrected chi connectivity index (χ1v) is 7.19. The number of rotatable bonds is 3. The van der Waals surface area contributed by atoms with E-state index in [1.54, 1.807) is 36.4 Å². The van der Waals surface area contributed by atoms with E-state index in [0.717, 1.165) is 0 Å². The zero-order chi connectivity index (χ0) is 14.7. The van der Waals surface area contributed by atoms with Crippen LogP contribution in [0.5, 0.6) is 0 Å². The molecule has 2 rings (SSSR count). The van der Waals surface area contributed by atoms with Crippen LogP contribution in [0.3, 0.4) is 0 Å². The molecule has 0 saturated carbocycles. The summed E-state index contributed by atoms with van der Waals surface area (Å²) < 4.78 is 5.73. The lowest BCUT2D eigenvalue weighted by Gasteiger charge is -2.10. The molecule has 0 radical (unpaired) electrons. The minimum Gasteiger partial charge on any atom is -0.457 e. The first-order valence-electron chi connectivity index (χ1n) is 5.64.